The van der Waals surface area contributed by atoms with E-state index in [1.54, 1.807) is 0 Å². The lowest BCUT2D eigenvalue weighted by molar-refractivity contribution is -0.0422. The maximum atomic E-state index is 5.94. The Bertz CT molecular complexity index is 859. The number of ether oxygens (including phenoxy) is 1. The van der Waals surface area contributed by atoms with Gasteiger partial charge in [0.2, 0.25) is 0 Å². The Morgan fingerprint density at radius 2 is 2.12 bits per heavy atom. The van der Waals surface area contributed by atoms with Crippen molar-refractivity contribution in [2.75, 3.05) is 19.7 Å². The van der Waals surface area contributed by atoms with Gasteiger partial charge in [0.1, 0.15) is 5.69 Å². The van der Waals surface area contributed by atoms with Crippen LogP contribution in [0.1, 0.15) is 11.3 Å². The molecule has 7 heteroatoms. The minimum Gasteiger partial charge on any atom is -0.374 e. The SMILES string of the molecule is Cc1cnn(CC2CN(Cc3cc(-c4ccc(Cl)cc4)no3)CCO2)c1. The molecule has 0 radical (unpaired) electrons. The van der Waals surface area contributed by atoms with E-state index >= 15 is 0 Å². The molecular weight excluding hydrogens is 352 g/mol. The summed E-state index contributed by atoms with van der Waals surface area (Å²) in [5.74, 6) is 0.852. The second-order valence-corrected chi connectivity index (χ2v) is 7.09. The van der Waals surface area contributed by atoms with E-state index in [0.29, 0.717) is 11.6 Å². The van der Waals surface area contributed by atoms with Gasteiger partial charge in [-0.25, -0.2) is 0 Å². The monoisotopic (exact) mass is 372 g/mol. The fourth-order valence-corrected chi connectivity index (χ4v) is 3.30. The van der Waals surface area contributed by atoms with Crippen molar-refractivity contribution in [3.63, 3.8) is 0 Å². The topological polar surface area (TPSA) is 56.3 Å². The normalized spacial score (nSPS) is 18.3. The number of hydrogen-bond donors (Lipinski definition) is 0. The van der Waals surface area contributed by atoms with Crippen LogP contribution < -0.4 is 0 Å². The predicted molar refractivity (Wildman–Crippen MR) is 98.9 cm³/mol. The van der Waals surface area contributed by atoms with Crippen LogP contribution in [-0.4, -0.2) is 45.6 Å². The van der Waals surface area contributed by atoms with Crippen LogP contribution in [0.5, 0.6) is 0 Å². The Hall–Kier alpha value is -2.15. The highest BCUT2D eigenvalue weighted by Crippen LogP contribution is 2.22. The van der Waals surface area contributed by atoms with Crippen LogP contribution >= 0.6 is 11.6 Å². The van der Waals surface area contributed by atoms with Crippen molar-refractivity contribution in [2.45, 2.75) is 26.1 Å². The molecule has 0 saturated carbocycles. The van der Waals surface area contributed by atoms with Crippen LogP contribution in [0.3, 0.4) is 0 Å². The predicted octanol–water partition coefficient (Wildman–Crippen LogP) is 3.40. The van der Waals surface area contributed by atoms with Crippen molar-refractivity contribution in [3.8, 4) is 11.3 Å². The molecule has 1 unspecified atom stereocenters. The van der Waals surface area contributed by atoms with Crippen LogP contribution in [0.25, 0.3) is 11.3 Å². The minimum atomic E-state index is 0.127. The van der Waals surface area contributed by atoms with Crippen molar-refractivity contribution in [2.24, 2.45) is 0 Å². The maximum absolute atomic E-state index is 5.94. The maximum Gasteiger partial charge on any atom is 0.151 e. The number of halogens is 1. The lowest BCUT2D eigenvalue weighted by atomic mass is 10.1. The van der Waals surface area contributed by atoms with Gasteiger partial charge in [-0.2, -0.15) is 5.10 Å². The molecule has 4 rings (SSSR count). The van der Waals surface area contributed by atoms with Crippen LogP contribution in [0.4, 0.5) is 0 Å². The highest BCUT2D eigenvalue weighted by atomic mass is 35.5. The minimum absolute atomic E-state index is 0.127. The summed E-state index contributed by atoms with van der Waals surface area (Å²) < 4.78 is 13.4. The third-order valence-electron chi connectivity index (χ3n) is 4.45. The summed E-state index contributed by atoms with van der Waals surface area (Å²) in [4.78, 5) is 2.33. The molecular formula is C19H21ClN4O2. The number of nitrogens with zero attached hydrogens (tertiary/aromatic N) is 4. The average Bonchev–Trinajstić information content (AvgIpc) is 3.25. The van der Waals surface area contributed by atoms with E-state index in [-0.39, 0.29) is 6.10 Å². The number of morpholine rings is 1. The van der Waals surface area contributed by atoms with Crippen molar-refractivity contribution in [1.29, 1.82) is 0 Å². The fourth-order valence-electron chi connectivity index (χ4n) is 3.17. The molecule has 3 aromatic rings. The molecule has 1 aliphatic rings. The van der Waals surface area contributed by atoms with Gasteiger partial charge in [0, 0.05) is 35.9 Å². The molecule has 0 N–H and O–H groups in total. The highest BCUT2D eigenvalue weighted by molar-refractivity contribution is 6.30. The number of rotatable bonds is 5. The van der Waals surface area contributed by atoms with E-state index in [4.69, 9.17) is 20.9 Å². The Kier molecular flexibility index (Phi) is 5.06. The molecule has 1 fully saturated rings. The summed E-state index contributed by atoms with van der Waals surface area (Å²) >= 11 is 5.94. The van der Waals surface area contributed by atoms with Gasteiger partial charge in [0.05, 0.1) is 32.0 Å². The van der Waals surface area contributed by atoms with E-state index in [1.807, 2.05) is 54.3 Å². The van der Waals surface area contributed by atoms with Gasteiger partial charge in [-0.1, -0.05) is 28.9 Å². The van der Waals surface area contributed by atoms with E-state index in [1.165, 1.54) is 0 Å². The van der Waals surface area contributed by atoms with Crippen molar-refractivity contribution < 1.29 is 9.26 Å². The smallest absolute Gasteiger partial charge is 0.151 e. The average molecular weight is 373 g/mol. The largest absolute Gasteiger partial charge is 0.374 e. The van der Waals surface area contributed by atoms with Gasteiger partial charge in [-0.15, -0.1) is 0 Å². The molecule has 6 nitrogen and oxygen atoms in total. The molecule has 1 aliphatic heterocycles. The third kappa shape index (κ3) is 4.15. The summed E-state index contributed by atoms with van der Waals surface area (Å²) in [6.45, 7) is 5.96. The molecule has 1 aromatic carbocycles. The summed E-state index contributed by atoms with van der Waals surface area (Å²) in [6.07, 6.45) is 4.03. The summed E-state index contributed by atoms with van der Waals surface area (Å²) in [5.41, 5.74) is 2.99. The second-order valence-electron chi connectivity index (χ2n) is 6.65. The third-order valence-corrected chi connectivity index (χ3v) is 4.71. The second kappa shape index (κ2) is 7.61. The molecule has 1 atom stereocenters. The molecule has 0 aliphatic carbocycles. The van der Waals surface area contributed by atoms with Crippen molar-refractivity contribution >= 4 is 11.6 Å². The van der Waals surface area contributed by atoms with Gasteiger partial charge >= 0.3 is 0 Å². The van der Waals surface area contributed by atoms with Crippen LogP contribution in [0, 0.1) is 6.92 Å². The zero-order chi connectivity index (χ0) is 17.9. The van der Waals surface area contributed by atoms with Gasteiger partial charge in [0.15, 0.2) is 5.76 Å². The molecule has 136 valence electrons. The molecule has 1 saturated heterocycles. The van der Waals surface area contributed by atoms with Gasteiger partial charge < -0.3 is 9.26 Å². The van der Waals surface area contributed by atoms with Crippen LogP contribution in [0.15, 0.2) is 47.2 Å². The zero-order valence-electron chi connectivity index (χ0n) is 14.6. The molecule has 0 bridgehead atoms. The first-order chi connectivity index (χ1) is 12.7. The Labute approximate surface area is 157 Å². The Balaban J connectivity index is 1.37. The van der Waals surface area contributed by atoms with Crippen molar-refractivity contribution in [1.82, 2.24) is 19.8 Å². The molecule has 26 heavy (non-hydrogen) atoms. The van der Waals surface area contributed by atoms with E-state index in [9.17, 15) is 0 Å². The molecule has 0 spiro atoms. The van der Waals surface area contributed by atoms with Crippen molar-refractivity contribution in [3.05, 3.63) is 59.1 Å². The highest BCUT2D eigenvalue weighted by Gasteiger charge is 2.22. The number of hydrogen-bond acceptors (Lipinski definition) is 5. The van der Waals surface area contributed by atoms with Gasteiger partial charge in [0.25, 0.3) is 0 Å². The van der Waals surface area contributed by atoms with Crippen LogP contribution in [-0.2, 0) is 17.8 Å². The Morgan fingerprint density at radius 3 is 2.88 bits per heavy atom. The van der Waals surface area contributed by atoms with E-state index in [0.717, 1.165) is 48.8 Å². The molecule has 3 heterocycles. The zero-order valence-corrected chi connectivity index (χ0v) is 15.4. The summed E-state index contributed by atoms with van der Waals surface area (Å²) in [7, 11) is 0. The quantitative estimate of drug-likeness (QED) is 0.687. The summed E-state index contributed by atoms with van der Waals surface area (Å²) in [6, 6.07) is 9.59. The number of aryl methyl sites for hydroxylation is 1. The Morgan fingerprint density at radius 1 is 1.27 bits per heavy atom. The molecule has 0 amide bonds. The van der Waals surface area contributed by atoms with E-state index < -0.39 is 0 Å². The first-order valence-electron chi connectivity index (χ1n) is 8.70. The first-order valence-corrected chi connectivity index (χ1v) is 9.08. The van der Waals surface area contributed by atoms with Gasteiger partial charge in [-0.05, 0) is 24.6 Å². The standard InChI is InChI=1S/C19H21ClN4O2/c1-14-9-21-24(10-14)13-18-12-23(6-7-25-18)11-17-8-19(22-26-17)15-2-4-16(20)5-3-15/h2-5,8-10,18H,6-7,11-13H2,1H3. The molecule has 2 aromatic heterocycles. The van der Waals surface area contributed by atoms with Gasteiger partial charge in [-0.3, -0.25) is 9.58 Å². The first kappa shape index (κ1) is 17.3. The number of aromatic nitrogens is 3. The lowest BCUT2D eigenvalue weighted by Crippen LogP contribution is -2.43. The van der Waals surface area contributed by atoms with E-state index in [2.05, 4.69) is 15.2 Å². The lowest BCUT2D eigenvalue weighted by Gasteiger charge is -2.32. The summed E-state index contributed by atoms with van der Waals surface area (Å²) in [5, 5.41) is 9.24. The van der Waals surface area contributed by atoms with Crippen LogP contribution in [0.2, 0.25) is 5.02 Å². The number of benzene rings is 1. The fraction of sp³-hybridized carbons (Fsp3) is 0.368.